The molecule has 0 aromatic heterocycles. The number of hydrogen-bond donors (Lipinski definition) is 1. The molecule has 0 N–H and O–H groups in total. The molecular weight excluding hydrogens is 392 g/mol. The van der Waals surface area contributed by atoms with Crippen LogP contribution < -0.4 is 4.90 Å². The van der Waals surface area contributed by atoms with Gasteiger partial charge in [-0.05, 0) is 30.7 Å². The molecule has 0 radical (unpaired) electrons. The van der Waals surface area contributed by atoms with E-state index in [2.05, 4.69) is 28.6 Å². The van der Waals surface area contributed by atoms with Crippen LogP contribution in [0.25, 0.3) is 0 Å². The number of rotatable bonds is 4. The first-order chi connectivity index (χ1) is 10.4. The van der Waals surface area contributed by atoms with Gasteiger partial charge in [-0.3, -0.25) is 19.8 Å². The van der Waals surface area contributed by atoms with E-state index in [-0.39, 0.29) is 11.4 Å². The second-order valence-corrected chi connectivity index (χ2v) is 6.20. The van der Waals surface area contributed by atoms with Crippen molar-refractivity contribution >= 4 is 63.6 Å². The van der Waals surface area contributed by atoms with Gasteiger partial charge in [0.05, 0.1) is 15.6 Å². The van der Waals surface area contributed by atoms with Gasteiger partial charge in [0.2, 0.25) is 6.41 Å². The molecule has 0 aliphatic carbocycles. The molecule has 2 aromatic rings. The number of anilines is 2. The van der Waals surface area contributed by atoms with E-state index in [9.17, 15) is 14.9 Å². The zero-order chi connectivity index (χ0) is 16.4. The van der Waals surface area contributed by atoms with E-state index < -0.39 is 4.92 Å². The van der Waals surface area contributed by atoms with Crippen LogP contribution in [0.2, 0.25) is 5.02 Å². The number of nitrogens with zero attached hydrogens (tertiary/aromatic N) is 2. The normalized spacial score (nSPS) is 10.4. The average Bonchev–Trinajstić information content (AvgIpc) is 2.48. The number of benzene rings is 2. The van der Waals surface area contributed by atoms with Crippen LogP contribution in [0.5, 0.6) is 0 Å². The van der Waals surface area contributed by atoms with E-state index in [1.54, 1.807) is 25.1 Å². The standard InChI is InChI=1S/C14H10BrClN2O3S/c1-8-2-4-10(16)14(22)13(8)17(7-19)11-5-3-9(15)6-12(11)18(20)21/h2-7,22H,1H3. The quantitative estimate of drug-likeness (QED) is 0.343. The predicted molar refractivity (Wildman–Crippen MR) is 92.4 cm³/mol. The Balaban J connectivity index is 2.72. The lowest BCUT2D eigenvalue weighted by Gasteiger charge is -2.22. The number of aryl methyl sites for hydroxylation is 1. The smallest absolute Gasteiger partial charge is 0.278 e. The highest BCUT2D eigenvalue weighted by Crippen LogP contribution is 2.40. The Kier molecular flexibility index (Phi) is 5.10. The lowest BCUT2D eigenvalue weighted by atomic mass is 10.1. The minimum absolute atomic E-state index is 0.142. The molecule has 2 aromatic carbocycles. The van der Waals surface area contributed by atoms with Crippen molar-refractivity contribution in [2.45, 2.75) is 11.8 Å². The first kappa shape index (κ1) is 16.8. The largest absolute Gasteiger partial charge is 0.294 e. The summed E-state index contributed by atoms with van der Waals surface area (Å²) in [7, 11) is 0. The summed E-state index contributed by atoms with van der Waals surface area (Å²) < 4.78 is 0.544. The number of halogens is 2. The van der Waals surface area contributed by atoms with Crippen molar-refractivity contribution in [3.63, 3.8) is 0 Å². The van der Waals surface area contributed by atoms with Gasteiger partial charge in [-0.25, -0.2) is 0 Å². The number of nitro groups is 1. The molecule has 0 atom stereocenters. The van der Waals surface area contributed by atoms with Crippen LogP contribution in [-0.2, 0) is 4.79 Å². The first-order valence-corrected chi connectivity index (χ1v) is 7.65. The number of carbonyl (C=O) groups is 1. The van der Waals surface area contributed by atoms with Crippen molar-refractivity contribution in [1.82, 2.24) is 0 Å². The molecule has 0 aliphatic heterocycles. The topological polar surface area (TPSA) is 63.5 Å². The van der Waals surface area contributed by atoms with Crippen LogP contribution in [0.1, 0.15) is 5.56 Å². The van der Waals surface area contributed by atoms with Gasteiger partial charge in [0.15, 0.2) is 0 Å². The highest BCUT2D eigenvalue weighted by molar-refractivity contribution is 9.10. The van der Waals surface area contributed by atoms with Gasteiger partial charge in [0.25, 0.3) is 5.69 Å². The Bertz CT molecular complexity index is 770. The van der Waals surface area contributed by atoms with Crippen LogP contribution in [0.15, 0.2) is 39.7 Å². The second kappa shape index (κ2) is 6.68. The van der Waals surface area contributed by atoms with E-state index in [1.165, 1.54) is 17.0 Å². The minimum atomic E-state index is -0.547. The maximum absolute atomic E-state index is 11.6. The molecule has 114 valence electrons. The summed E-state index contributed by atoms with van der Waals surface area (Å²) in [5.74, 6) is 0. The van der Waals surface area contributed by atoms with Crippen molar-refractivity contribution < 1.29 is 9.72 Å². The molecule has 0 aliphatic rings. The zero-order valence-corrected chi connectivity index (χ0v) is 14.5. The third kappa shape index (κ3) is 3.11. The van der Waals surface area contributed by atoms with E-state index in [0.29, 0.717) is 26.5 Å². The van der Waals surface area contributed by atoms with Crippen LogP contribution in [0.4, 0.5) is 17.1 Å². The third-order valence-corrected chi connectivity index (χ3v) is 4.44. The van der Waals surface area contributed by atoms with Crippen molar-refractivity contribution in [3.8, 4) is 0 Å². The van der Waals surface area contributed by atoms with E-state index in [4.69, 9.17) is 11.6 Å². The van der Waals surface area contributed by atoms with Crippen LogP contribution in [0, 0.1) is 17.0 Å². The maximum Gasteiger partial charge on any atom is 0.294 e. The van der Waals surface area contributed by atoms with Crippen LogP contribution in [-0.4, -0.2) is 11.3 Å². The third-order valence-electron chi connectivity index (χ3n) is 3.04. The molecule has 0 heterocycles. The monoisotopic (exact) mass is 400 g/mol. The summed E-state index contributed by atoms with van der Waals surface area (Å²) >= 11 is 13.5. The summed E-state index contributed by atoms with van der Waals surface area (Å²) in [5, 5.41) is 11.6. The molecule has 0 saturated carbocycles. The fourth-order valence-electron chi connectivity index (χ4n) is 2.04. The molecule has 8 heteroatoms. The number of nitro benzene ring substituents is 1. The number of thiol groups is 1. The van der Waals surface area contributed by atoms with Gasteiger partial charge in [0.1, 0.15) is 5.69 Å². The summed E-state index contributed by atoms with van der Waals surface area (Å²) in [5.41, 5.74) is 1.08. The van der Waals surface area contributed by atoms with E-state index in [1.807, 2.05) is 0 Å². The molecular formula is C14H10BrClN2O3S. The summed E-state index contributed by atoms with van der Waals surface area (Å²) in [6, 6.07) is 7.82. The summed E-state index contributed by atoms with van der Waals surface area (Å²) in [4.78, 5) is 23.9. The fraction of sp³-hybridized carbons (Fsp3) is 0.0714. The molecule has 0 fully saturated rings. The van der Waals surface area contributed by atoms with Crippen molar-refractivity contribution in [3.05, 3.63) is 55.5 Å². The molecule has 1 amide bonds. The maximum atomic E-state index is 11.6. The molecule has 22 heavy (non-hydrogen) atoms. The van der Waals surface area contributed by atoms with Gasteiger partial charge in [-0.2, -0.15) is 0 Å². The Labute approximate surface area is 145 Å². The van der Waals surface area contributed by atoms with Gasteiger partial charge in [-0.1, -0.05) is 33.6 Å². The van der Waals surface area contributed by atoms with E-state index >= 15 is 0 Å². The Hall–Kier alpha value is -1.57. The molecule has 0 bridgehead atoms. The predicted octanol–water partition coefficient (Wildman–Crippen LogP) is 4.90. The number of carbonyl (C=O) groups excluding carboxylic acids is 1. The molecule has 0 unspecified atom stereocenters. The van der Waals surface area contributed by atoms with Crippen molar-refractivity contribution in [2.75, 3.05) is 4.90 Å². The van der Waals surface area contributed by atoms with Gasteiger partial charge >= 0.3 is 0 Å². The fourth-order valence-corrected chi connectivity index (χ4v) is 2.90. The summed E-state index contributed by atoms with van der Waals surface area (Å²) in [6.45, 7) is 1.77. The number of amides is 1. The van der Waals surface area contributed by atoms with Crippen molar-refractivity contribution in [2.24, 2.45) is 0 Å². The minimum Gasteiger partial charge on any atom is -0.278 e. The van der Waals surface area contributed by atoms with Crippen LogP contribution in [0.3, 0.4) is 0 Å². The van der Waals surface area contributed by atoms with Crippen LogP contribution >= 0.6 is 40.2 Å². The van der Waals surface area contributed by atoms with Gasteiger partial charge in [0, 0.05) is 15.4 Å². The van der Waals surface area contributed by atoms with Gasteiger partial charge in [-0.15, -0.1) is 12.6 Å². The van der Waals surface area contributed by atoms with E-state index in [0.717, 1.165) is 5.56 Å². The highest BCUT2D eigenvalue weighted by atomic mass is 79.9. The average molecular weight is 402 g/mol. The second-order valence-electron chi connectivity index (χ2n) is 4.43. The molecule has 5 nitrogen and oxygen atoms in total. The zero-order valence-electron chi connectivity index (χ0n) is 11.3. The summed E-state index contributed by atoms with van der Waals surface area (Å²) in [6.07, 6.45) is 0.509. The number of hydrogen-bond acceptors (Lipinski definition) is 4. The SMILES string of the molecule is Cc1ccc(Cl)c(S)c1N(C=O)c1ccc(Br)cc1[N+](=O)[O-]. The molecule has 0 spiro atoms. The lowest BCUT2D eigenvalue weighted by Crippen LogP contribution is -2.17. The molecule has 0 saturated heterocycles. The van der Waals surface area contributed by atoms with Crippen molar-refractivity contribution in [1.29, 1.82) is 0 Å². The Morgan fingerprint density at radius 3 is 2.64 bits per heavy atom. The lowest BCUT2D eigenvalue weighted by molar-refractivity contribution is -0.384. The highest BCUT2D eigenvalue weighted by Gasteiger charge is 2.24. The first-order valence-electron chi connectivity index (χ1n) is 6.03. The molecule has 2 rings (SSSR count). The van der Waals surface area contributed by atoms with Gasteiger partial charge < -0.3 is 0 Å². The Morgan fingerprint density at radius 1 is 1.36 bits per heavy atom. The Morgan fingerprint density at radius 2 is 2.05 bits per heavy atom.